The summed E-state index contributed by atoms with van der Waals surface area (Å²) in [7, 11) is 0. The molecular formula is C8H13NO. The first-order valence-electron chi connectivity index (χ1n) is 4.00. The molecule has 0 saturated heterocycles. The molecule has 0 bridgehead atoms. The van der Waals surface area contributed by atoms with E-state index in [-0.39, 0.29) is 5.54 Å². The quantitative estimate of drug-likeness (QED) is 0.501. The predicted octanol–water partition coefficient (Wildman–Crippen LogP) is 1.75. The Morgan fingerprint density at radius 3 is 2.60 bits per heavy atom. The van der Waals surface area contributed by atoms with E-state index < -0.39 is 0 Å². The maximum Gasteiger partial charge on any atom is 0.180 e. The monoisotopic (exact) mass is 139 g/mol. The first-order valence-corrected chi connectivity index (χ1v) is 4.00. The van der Waals surface area contributed by atoms with Gasteiger partial charge in [0, 0.05) is 6.92 Å². The molecule has 2 aliphatic rings. The molecule has 1 heterocycles. The van der Waals surface area contributed by atoms with Gasteiger partial charge in [-0.1, -0.05) is 12.8 Å². The third-order valence-electron chi connectivity index (χ3n) is 2.48. The maximum absolute atomic E-state index is 5.34. The lowest BCUT2D eigenvalue weighted by Crippen LogP contribution is -2.22. The topological polar surface area (TPSA) is 21.6 Å². The van der Waals surface area contributed by atoms with Gasteiger partial charge in [-0.25, -0.2) is 4.99 Å². The van der Waals surface area contributed by atoms with Gasteiger partial charge in [0.1, 0.15) is 6.61 Å². The third-order valence-corrected chi connectivity index (χ3v) is 2.48. The van der Waals surface area contributed by atoms with E-state index in [0.29, 0.717) is 0 Å². The molecule has 1 aliphatic carbocycles. The summed E-state index contributed by atoms with van der Waals surface area (Å²) in [4.78, 5) is 4.51. The predicted molar refractivity (Wildman–Crippen MR) is 40.3 cm³/mol. The largest absolute Gasteiger partial charge is 0.479 e. The minimum Gasteiger partial charge on any atom is -0.479 e. The Bertz CT molecular complexity index is 168. The van der Waals surface area contributed by atoms with E-state index >= 15 is 0 Å². The Morgan fingerprint density at radius 2 is 2.10 bits per heavy atom. The van der Waals surface area contributed by atoms with Crippen molar-refractivity contribution in [2.45, 2.75) is 38.1 Å². The van der Waals surface area contributed by atoms with Gasteiger partial charge in [0.25, 0.3) is 0 Å². The van der Waals surface area contributed by atoms with Gasteiger partial charge in [-0.3, -0.25) is 0 Å². The summed E-state index contributed by atoms with van der Waals surface area (Å²) in [6, 6.07) is 0. The van der Waals surface area contributed by atoms with Crippen LogP contribution in [0, 0.1) is 0 Å². The summed E-state index contributed by atoms with van der Waals surface area (Å²) in [5.41, 5.74) is 0.226. The Hall–Kier alpha value is -0.530. The molecule has 0 unspecified atom stereocenters. The standard InChI is InChI=1S/C8H13NO/c1-7-9-8(6-10-7)4-2-3-5-8/h2-6H2,1H3. The number of hydrogen-bond donors (Lipinski definition) is 0. The molecule has 2 heteroatoms. The fraction of sp³-hybridized carbons (Fsp3) is 0.875. The van der Waals surface area contributed by atoms with Crippen molar-refractivity contribution in [3.8, 4) is 0 Å². The second kappa shape index (κ2) is 1.97. The number of nitrogens with zero attached hydrogens (tertiary/aromatic N) is 1. The van der Waals surface area contributed by atoms with Gasteiger partial charge < -0.3 is 4.74 Å². The van der Waals surface area contributed by atoms with E-state index in [4.69, 9.17) is 4.74 Å². The lowest BCUT2D eigenvalue weighted by Gasteiger charge is -2.14. The molecule has 1 aliphatic heterocycles. The summed E-state index contributed by atoms with van der Waals surface area (Å²) in [6.07, 6.45) is 5.15. The summed E-state index contributed by atoms with van der Waals surface area (Å²) < 4.78 is 5.34. The number of ether oxygens (including phenoxy) is 1. The van der Waals surface area contributed by atoms with Crippen LogP contribution in [0.15, 0.2) is 4.99 Å². The van der Waals surface area contributed by atoms with Crippen LogP contribution in [0.1, 0.15) is 32.6 Å². The van der Waals surface area contributed by atoms with Gasteiger partial charge in [-0.15, -0.1) is 0 Å². The van der Waals surface area contributed by atoms with Crippen molar-refractivity contribution in [3.05, 3.63) is 0 Å². The molecule has 1 saturated carbocycles. The highest BCUT2D eigenvalue weighted by atomic mass is 16.5. The molecule has 2 rings (SSSR count). The van der Waals surface area contributed by atoms with Crippen LogP contribution in [-0.2, 0) is 4.74 Å². The average molecular weight is 139 g/mol. The van der Waals surface area contributed by atoms with Crippen LogP contribution in [0.5, 0.6) is 0 Å². The maximum atomic E-state index is 5.34. The van der Waals surface area contributed by atoms with Crippen LogP contribution < -0.4 is 0 Å². The van der Waals surface area contributed by atoms with Crippen LogP contribution in [0.3, 0.4) is 0 Å². The highest BCUT2D eigenvalue weighted by Gasteiger charge is 2.37. The van der Waals surface area contributed by atoms with E-state index in [2.05, 4.69) is 4.99 Å². The van der Waals surface area contributed by atoms with Crippen LogP contribution in [-0.4, -0.2) is 18.0 Å². The van der Waals surface area contributed by atoms with Crippen molar-refractivity contribution in [1.82, 2.24) is 0 Å². The fourth-order valence-corrected chi connectivity index (χ4v) is 1.93. The molecular weight excluding hydrogens is 126 g/mol. The molecule has 0 amide bonds. The minimum absolute atomic E-state index is 0.226. The molecule has 0 aromatic rings. The molecule has 56 valence electrons. The van der Waals surface area contributed by atoms with Gasteiger partial charge in [0.05, 0.1) is 5.54 Å². The number of rotatable bonds is 0. The summed E-state index contributed by atoms with van der Waals surface area (Å²) in [5, 5.41) is 0. The SMILES string of the molecule is CC1=NC2(CCCC2)CO1. The van der Waals surface area contributed by atoms with Crippen molar-refractivity contribution < 1.29 is 4.74 Å². The lowest BCUT2D eigenvalue weighted by molar-refractivity contribution is 0.256. The van der Waals surface area contributed by atoms with E-state index in [1.54, 1.807) is 0 Å². The zero-order valence-electron chi connectivity index (χ0n) is 6.39. The van der Waals surface area contributed by atoms with Gasteiger partial charge in [0.15, 0.2) is 5.90 Å². The van der Waals surface area contributed by atoms with Gasteiger partial charge >= 0.3 is 0 Å². The molecule has 0 aromatic carbocycles. The van der Waals surface area contributed by atoms with E-state index in [1.807, 2.05) is 6.92 Å². The molecule has 0 aromatic heterocycles. The molecule has 0 radical (unpaired) electrons. The Morgan fingerprint density at radius 1 is 1.40 bits per heavy atom. The molecule has 10 heavy (non-hydrogen) atoms. The number of aliphatic imine (C=N–C) groups is 1. The van der Waals surface area contributed by atoms with Crippen molar-refractivity contribution in [1.29, 1.82) is 0 Å². The van der Waals surface area contributed by atoms with Gasteiger partial charge in [0.2, 0.25) is 0 Å². The Balaban J connectivity index is 2.16. The van der Waals surface area contributed by atoms with Crippen molar-refractivity contribution in [2.75, 3.05) is 6.61 Å². The summed E-state index contributed by atoms with van der Waals surface area (Å²) in [5.74, 6) is 0.891. The van der Waals surface area contributed by atoms with Crippen molar-refractivity contribution in [2.24, 2.45) is 4.99 Å². The minimum atomic E-state index is 0.226. The van der Waals surface area contributed by atoms with E-state index in [0.717, 1.165) is 12.5 Å². The van der Waals surface area contributed by atoms with Crippen LogP contribution in [0.25, 0.3) is 0 Å². The van der Waals surface area contributed by atoms with Crippen molar-refractivity contribution in [3.63, 3.8) is 0 Å². The normalized spacial score (nSPS) is 28.7. The van der Waals surface area contributed by atoms with Crippen LogP contribution >= 0.6 is 0 Å². The molecule has 1 spiro atoms. The van der Waals surface area contributed by atoms with E-state index in [1.165, 1.54) is 25.7 Å². The zero-order valence-corrected chi connectivity index (χ0v) is 6.39. The molecule has 1 fully saturated rings. The van der Waals surface area contributed by atoms with Gasteiger partial charge in [-0.05, 0) is 12.8 Å². The first kappa shape index (κ1) is 6.20. The van der Waals surface area contributed by atoms with Gasteiger partial charge in [-0.2, -0.15) is 0 Å². The van der Waals surface area contributed by atoms with Crippen LogP contribution in [0.2, 0.25) is 0 Å². The van der Waals surface area contributed by atoms with Crippen LogP contribution in [0.4, 0.5) is 0 Å². The lowest BCUT2D eigenvalue weighted by atomic mass is 10.0. The molecule has 0 N–H and O–H groups in total. The number of hydrogen-bond acceptors (Lipinski definition) is 2. The fourth-order valence-electron chi connectivity index (χ4n) is 1.93. The summed E-state index contributed by atoms with van der Waals surface area (Å²) >= 11 is 0. The molecule has 2 nitrogen and oxygen atoms in total. The zero-order chi connectivity index (χ0) is 7.03. The highest BCUT2D eigenvalue weighted by Crippen LogP contribution is 2.36. The third kappa shape index (κ3) is 0.825. The molecule has 0 atom stereocenters. The average Bonchev–Trinajstić information content (AvgIpc) is 2.46. The Kier molecular flexibility index (Phi) is 1.22. The van der Waals surface area contributed by atoms with E-state index in [9.17, 15) is 0 Å². The highest BCUT2D eigenvalue weighted by molar-refractivity contribution is 5.75. The second-order valence-corrected chi connectivity index (χ2v) is 3.35. The first-order chi connectivity index (χ1) is 4.81. The Labute approximate surface area is 61.3 Å². The van der Waals surface area contributed by atoms with Crippen molar-refractivity contribution >= 4 is 5.90 Å². The summed E-state index contributed by atoms with van der Waals surface area (Å²) in [6.45, 7) is 2.80. The second-order valence-electron chi connectivity index (χ2n) is 3.35. The smallest absolute Gasteiger partial charge is 0.180 e.